The first kappa shape index (κ1) is 12.9. The van der Waals surface area contributed by atoms with Crippen LogP contribution in [0, 0.1) is 0 Å². The first-order chi connectivity index (χ1) is 8.97. The minimum Gasteiger partial charge on any atom is -0.349 e. The summed E-state index contributed by atoms with van der Waals surface area (Å²) in [5.74, 6) is 0.615. The number of hydrogen-bond donors (Lipinski definition) is 1. The van der Waals surface area contributed by atoms with Crippen LogP contribution in [0.3, 0.4) is 0 Å². The molecule has 1 aromatic rings. The molecule has 2 atom stereocenters. The molecule has 2 aliphatic rings. The number of pyridine rings is 1. The predicted octanol–water partition coefficient (Wildman–Crippen LogP) is 0.944. The van der Waals surface area contributed by atoms with Gasteiger partial charge in [0.05, 0.1) is 0 Å². The second kappa shape index (κ2) is 4.45. The van der Waals surface area contributed by atoms with Gasteiger partial charge in [-0.25, -0.2) is 13.4 Å². The Morgan fingerprint density at radius 1 is 1.32 bits per heavy atom. The van der Waals surface area contributed by atoms with Crippen LogP contribution in [-0.2, 0) is 9.84 Å². The minimum absolute atomic E-state index is 0.235. The topological polar surface area (TPSA) is 76.3 Å². The average Bonchev–Trinajstić information content (AvgIpc) is 2.60. The average molecular weight is 281 g/mol. The van der Waals surface area contributed by atoms with Crippen molar-refractivity contribution >= 4 is 15.7 Å². The van der Waals surface area contributed by atoms with Crippen molar-refractivity contribution in [3.63, 3.8) is 0 Å². The third-order valence-corrected chi connectivity index (χ3v) is 5.28. The Bertz CT molecular complexity index is 573. The Balaban J connectivity index is 2.05. The smallest absolute Gasteiger partial charge is 0.179 e. The van der Waals surface area contributed by atoms with Crippen LogP contribution in [0.5, 0.6) is 0 Å². The summed E-state index contributed by atoms with van der Waals surface area (Å²) in [5, 5.41) is 0. The van der Waals surface area contributed by atoms with E-state index in [1.54, 1.807) is 18.3 Å². The van der Waals surface area contributed by atoms with Crippen LogP contribution in [0.2, 0.25) is 0 Å². The van der Waals surface area contributed by atoms with E-state index in [1.807, 2.05) is 0 Å². The van der Waals surface area contributed by atoms with Crippen molar-refractivity contribution in [2.45, 2.75) is 48.7 Å². The number of piperidine rings is 1. The number of sulfone groups is 1. The van der Waals surface area contributed by atoms with Gasteiger partial charge in [-0.2, -0.15) is 0 Å². The summed E-state index contributed by atoms with van der Waals surface area (Å²) in [7, 11) is -3.25. The van der Waals surface area contributed by atoms with Crippen LogP contribution in [0.15, 0.2) is 23.2 Å². The molecule has 0 spiro atoms. The molecule has 0 aliphatic carbocycles. The highest BCUT2D eigenvalue weighted by Crippen LogP contribution is 2.40. The summed E-state index contributed by atoms with van der Waals surface area (Å²) in [6.45, 7) is 0. The summed E-state index contributed by atoms with van der Waals surface area (Å²) >= 11 is 0. The molecule has 1 aromatic heterocycles. The lowest BCUT2D eigenvalue weighted by Crippen LogP contribution is -2.48. The molecule has 3 rings (SSSR count). The lowest BCUT2D eigenvalue weighted by atomic mass is 9.98. The van der Waals surface area contributed by atoms with Crippen LogP contribution >= 0.6 is 0 Å². The second-order valence-corrected chi connectivity index (χ2v) is 7.61. The van der Waals surface area contributed by atoms with Crippen molar-refractivity contribution in [1.29, 1.82) is 0 Å². The van der Waals surface area contributed by atoms with E-state index < -0.39 is 9.84 Å². The molecule has 2 fully saturated rings. The van der Waals surface area contributed by atoms with Crippen molar-refractivity contribution in [2.24, 2.45) is 5.73 Å². The molecule has 2 aliphatic heterocycles. The van der Waals surface area contributed by atoms with Gasteiger partial charge in [0.2, 0.25) is 0 Å². The SMILES string of the molecule is CS(=O)(=O)c1cccnc1N1C2CCC1CC(N)C2. The number of nitrogens with zero attached hydrogens (tertiary/aromatic N) is 2. The third-order valence-electron chi connectivity index (χ3n) is 4.16. The van der Waals surface area contributed by atoms with E-state index in [-0.39, 0.29) is 6.04 Å². The van der Waals surface area contributed by atoms with Crippen LogP contribution in [-0.4, -0.2) is 37.8 Å². The summed E-state index contributed by atoms with van der Waals surface area (Å²) in [5.41, 5.74) is 6.05. The van der Waals surface area contributed by atoms with Gasteiger partial charge in [-0.15, -0.1) is 0 Å². The van der Waals surface area contributed by atoms with E-state index in [0.717, 1.165) is 25.7 Å². The zero-order chi connectivity index (χ0) is 13.6. The zero-order valence-electron chi connectivity index (χ0n) is 11.0. The molecule has 2 unspecified atom stereocenters. The summed E-state index contributed by atoms with van der Waals surface area (Å²) < 4.78 is 23.8. The van der Waals surface area contributed by atoms with Gasteiger partial charge in [0.1, 0.15) is 10.7 Å². The minimum atomic E-state index is -3.25. The Morgan fingerprint density at radius 2 is 1.95 bits per heavy atom. The van der Waals surface area contributed by atoms with Gasteiger partial charge in [0.15, 0.2) is 9.84 Å². The first-order valence-corrected chi connectivity index (χ1v) is 8.55. The Labute approximate surface area is 113 Å². The largest absolute Gasteiger partial charge is 0.349 e. The fraction of sp³-hybridized carbons (Fsp3) is 0.615. The Morgan fingerprint density at radius 3 is 2.53 bits per heavy atom. The third kappa shape index (κ3) is 2.23. The van der Waals surface area contributed by atoms with E-state index in [2.05, 4.69) is 9.88 Å². The van der Waals surface area contributed by atoms with Gasteiger partial charge in [0, 0.05) is 30.6 Å². The Kier molecular flexibility index (Phi) is 3.02. The van der Waals surface area contributed by atoms with Crippen LogP contribution in [0.25, 0.3) is 0 Å². The van der Waals surface area contributed by atoms with Gasteiger partial charge in [0.25, 0.3) is 0 Å². The standard InChI is InChI=1S/C13H19N3O2S/c1-19(17,18)12-3-2-6-15-13(12)16-10-4-5-11(16)8-9(14)7-10/h2-3,6,9-11H,4-5,7-8,14H2,1H3. The second-order valence-electron chi connectivity index (χ2n) is 5.62. The normalized spacial score (nSPS) is 30.6. The van der Waals surface area contributed by atoms with E-state index in [1.165, 1.54) is 6.26 Å². The number of hydrogen-bond acceptors (Lipinski definition) is 5. The van der Waals surface area contributed by atoms with Crippen LogP contribution in [0.1, 0.15) is 25.7 Å². The van der Waals surface area contributed by atoms with Crippen LogP contribution < -0.4 is 10.6 Å². The zero-order valence-corrected chi connectivity index (χ0v) is 11.8. The maximum atomic E-state index is 11.9. The molecule has 104 valence electrons. The lowest BCUT2D eigenvalue weighted by molar-refractivity contribution is 0.410. The van der Waals surface area contributed by atoms with Crippen molar-refractivity contribution in [3.05, 3.63) is 18.3 Å². The van der Waals surface area contributed by atoms with Crippen molar-refractivity contribution in [1.82, 2.24) is 4.98 Å². The highest BCUT2D eigenvalue weighted by molar-refractivity contribution is 7.90. The first-order valence-electron chi connectivity index (χ1n) is 6.66. The molecule has 5 nitrogen and oxygen atoms in total. The summed E-state index contributed by atoms with van der Waals surface area (Å²) in [6, 6.07) is 4.23. The summed E-state index contributed by atoms with van der Waals surface area (Å²) in [4.78, 5) is 6.87. The van der Waals surface area contributed by atoms with Gasteiger partial charge < -0.3 is 10.6 Å². The number of rotatable bonds is 2. The number of anilines is 1. The van der Waals surface area contributed by atoms with Gasteiger partial charge in [-0.1, -0.05) is 0 Å². The molecular formula is C13H19N3O2S. The van der Waals surface area contributed by atoms with Crippen molar-refractivity contribution in [2.75, 3.05) is 11.2 Å². The molecule has 0 saturated carbocycles. The highest BCUT2D eigenvalue weighted by Gasteiger charge is 2.41. The lowest BCUT2D eigenvalue weighted by Gasteiger charge is -2.39. The quantitative estimate of drug-likeness (QED) is 0.873. The number of aromatic nitrogens is 1. The highest BCUT2D eigenvalue weighted by atomic mass is 32.2. The van der Waals surface area contributed by atoms with Gasteiger partial charge in [-0.05, 0) is 37.8 Å². The van der Waals surface area contributed by atoms with E-state index in [4.69, 9.17) is 5.73 Å². The monoisotopic (exact) mass is 281 g/mol. The molecule has 0 aromatic carbocycles. The fourth-order valence-corrected chi connectivity index (χ4v) is 4.25. The van der Waals surface area contributed by atoms with Gasteiger partial charge in [-0.3, -0.25) is 0 Å². The van der Waals surface area contributed by atoms with Gasteiger partial charge >= 0.3 is 0 Å². The number of fused-ring (bicyclic) bond motifs is 2. The Hall–Kier alpha value is -1.14. The number of nitrogens with two attached hydrogens (primary N) is 1. The molecule has 2 saturated heterocycles. The van der Waals surface area contributed by atoms with Crippen molar-refractivity contribution in [3.8, 4) is 0 Å². The maximum absolute atomic E-state index is 11.9. The molecule has 2 N–H and O–H groups in total. The van der Waals surface area contributed by atoms with E-state index in [9.17, 15) is 8.42 Å². The molecule has 0 amide bonds. The van der Waals surface area contributed by atoms with E-state index in [0.29, 0.717) is 22.8 Å². The van der Waals surface area contributed by atoms with Crippen LogP contribution in [0.4, 0.5) is 5.82 Å². The molecule has 0 radical (unpaired) electrons. The molecule has 6 heteroatoms. The molecule has 3 heterocycles. The summed E-state index contributed by atoms with van der Waals surface area (Å²) in [6.07, 6.45) is 6.92. The maximum Gasteiger partial charge on any atom is 0.179 e. The predicted molar refractivity (Wildman–Crippen MR) is 73.8 cm³/mol. The van der Waals surface area contributed by atoms with E-state index >= 15 is 0 Å². The fourth-order valence-electron chi connectivity index (χ4n) is 3.43. The molecule has 2 bridgehead atoms. The molecule has 19 heavy (non-hydrogen) atoms. The molecular weight excluding hydrogens is 262 g/mol. The van der Waals surface area contributed by atoms with Crippen molar-refractivity contribution < 1.29 is 8.42 Å².